The minimum Gasteiger partial charge on any atom is -0.467 e. The number of carbonyl (C=O) groups excluding carboxylic acids is 1. The molecule has 0 radical (unpaired) electrons. The Morgan fingerprint density at radius 1 is 1.30 bits per heavy atom. The lowest BCUT2D eigenvalue weighted by Gasteiger charge is -2.13. The third-order valence-electron chi connectivity index (χ3n) is 5.01. The van der Waals surface area contributed by atoms with Crippen molar-refractivity contribution in [3.05, 3.63) is 47.6 Å². The van der Waals surface area contributed by atoms with Gasteiger partial charge in [0.05, 0.1) is 0 Å². The molecular weight excluding hydrogens is 387 g/mol. The topological polar surface area (TPSA) is 90.1 Å². The van der Waals surface area contributed by atoms with Crippen molar-refractivity contribution in [1.29, 1.82) is 0 Å². The van der Waals surface area contributed by atoms with Gasteiger partial charge in [0.1, 0.15) is 22.7 Å². The van der Waals surface area contributed by atoms with Gasteiger partial charge in [0.15, 0.2) is 6.61 Å². The summed E-state index contributed by atoms with van der Waals surface area (Å²) in [7, 11) is 0. The molecule has 1 amide bonds. The smallest absolute Gasteiger partial charge is 0.265 e. The van der Waals surface area contributed by atoms with Crippen molar-refractivity contribution < 1.29 is 18.4 Å². The van der Waals surface area contributed by atoms with E-state index in [1.54, 1.807) is 19.1 Å². The fraction of sp³-hybridized carbons (Fsp3) is 0.364. The van der Waals surface area contributed by atoms with Crippen LogP contribution in [0.2, 0.25) is 0 Å². The highest BCUT2D eigenvalue weighted by molar-refractivity contribution is 5.93. The van der Waals surface area contributed by atoms with Crippen molar-refractivity contribution in [2.75, 3.05) is 13.2 Å². The van der Waals surface area contributed by atoms with Crippen LogP contribution in [0.15, 0.2) is 40.4 Å². The zero-order valence-electron chi connectivity index (χ0n) is 16.8. The summed E-state index contributed by atoms with van der Waals surface area (Å²) >= 11 is 0. The van der Waals surface area contributed by atoms with Gasteiger partial charge in [0, 0.05) is 12.1 Å². The van der Waals surface area contributed by atoms with Crippen molar-refractivity contribution >= 4 is 17.0 Å². The van der Waals surface area contributed by atoms with Crippen LogP contribution in [0.1, 0.15) is 37.9 Å². The van der Waals surface area contributed by atoms with Gasteiger partial charge in [0.25, 0.3) is 11.6 Å². The van der Waals surface area contributed by atoms with E-state index in [1.165, 1.54) is 30.5 Å². The maximum Gasteiger partial charge on any atom is 0.265 e. The molecule has 0 unspecified atom stereocenters. The van der Waals surface area contributed by atoms with Gasteiger partial charge >= 0.3 is 0 Å². The Kier molecular flexibility index (Phi) is 6.02. The monoisotopic (exact) mass is 410 g/mol. The van der Waals surface area contributed by atoms with E-state index in [0.29, 0.717) is 29.0 Å². The van der Waals surface area contributed by atoms with Crippen LogP contribution in [0.25, 0.3) is 22.4 Å². The number of hydrogen-bond donors (Lipinski definition) is 1. The molecule has 4 rings (SSSR count). The number of fused-ring (bicyclic) bond motifs is 1. The maximum absolute atomic E-state index is 13.7. The van der Waals surface area contributed by atoms with Crippen LogP contribution < -0.4 is 10.1 Å². The highest BCUT2D eigenvalue weighted by Crippen LogP contribution is 2.33. The minimum absolute atomic E-state index is 0.183. The molecule has 0 bridgehead atoms. The van der Waals surface area contributed by atoms with Gasteiger partial charge in [0.2, 0.25) is 5.88 Å². The van der Waals surface area contributed by atoms with E-state index in [2.05, 4.69) is 26.5 Å². The summed E-state index contributed by atoms with van der Waals surface area (Å²) in [6.45, 7) is 2.07. The first-order chi connectivity index (χ1) is 14.6. The summed E-state index contributed by atoms with van der Waals surface area (Å²) in [5.41, 5.74) is 2.50. The molecular formula is C22H23FN4O3. The summed E-state index contributed by atoms with van der Waals surface area (Å²) < 4.78 is 24.6. The van der Waals surface area contributed by atoms with E-state index < -0.39 is 5.82 Å². The Labute approximate surface area is 173 Å². The van der Waals surface area contributed by atoms with Crippen molar-refractivity contribution in [2.24, 2.45) is 0 Å². The van der Waals surface area contributed by atoms with Gasteiger partial charge in [-0.15, -0.1) is 0 Å². The molecule has 0 saturated carbocycles. The third-order valence-corrected chi connectivity index (χ3v) is 5.01. The summed E-state index contributed by atoms with van der Waals surface area (Å²) in [5.74, 6) is -0.0292. The van der Waals surface area contributed by atoms with Crippen LogP contribution in [-0.2, 0) is 4.79 Å². The number of amides is 1. The van der Waals surface area contributed by atoms with E-state index in [0.717, 1.165) is 19.3 Å². The Bertz CT molecular complexity index is 1090. The number of aromatic nitrogens is 3. The highest BCUT2D eigenvalue weighted by atomic mass is 19.1. The number of halogens is 1. The van der Waals surface area contributed by atoms with Gasteiger partial charge in [-0.2, -0.15) is 9.97 Å². The molecule has 30 heavy (non-hydrogen) atoms. The molecule has 3 aromatic rings. The van der Waals surface area contributed by atoms with E-state index in [9.17, 15) is 9.18 Å². The van der Waals surface area contributed by atoms with Crippen LogP contribution in [0, 0.1) is 12.7 Å². The Balaban J connectivity index is 1.46. The standard InChI is InChI=1S/C22H23FN4O3/c1-14-25-21(29-13-18(28)24-11-10-15-6-3-2-4-7-15)19-20(27-30-22(19)26-14)16-8-5-9-17(23)12-16/h5-6,8-9,12H,2-4,7,10-11,13H2,1H3,(H,24,28). The second kappa shape index (κ2) is 9.02. The molecule has 8 heteroatoms. The van der Waals surface area contributed by atoms with Crippen molar-refractivity contribution in [2.45, 2.75) is 39.0 Å². The normalized spacial score (nSPS) is 13.9. The third kappa shape index (κ3) is 4.64. The van der Waals surface area contributed by atoms with Crippen molar-refractivity contribution in [1.82, 2.24) is 20.4 Å². The first kappa shape index (κ1) is 20.0. The van der Waals surface area contributed by atoms with Crippen LogP contribution in [0.4, 0.5) is 4.39 Å². The molecule has 0 saturated heterocycles. The van der Waals surface area contributed by atoms with Crippen molar-refractivity contribution in [3.63, 3.8) is 0 Å². The maximum atomic E-state index is 13.7. The van der Waals surface area contributed by atoms with Crippen molar-refractivity contribution in [3.8, 4) is 17.1 Å². The lowest BCUT2D eigenvalue weighted by Crippen LogP contribution is -2.30. The molecule has 0 spiro atoms. The second-order valence-corrected chi connectivity index (χ2v) is 7.29. The zero-order valence-corrected chi connectivity index (χ0v) is 16.8. The zero-order chi connectivity index (χ0) is 20.9. The van der Waals surface area contributed by atoms with Gasteiger partial charge < -0.3 is 14.6 Å². The Morgan fingerprint density at radius 2 is 2.20 bits per heavy atom. The SMILES string of the molecule is Cc1nc(OCC(=O)NCCC2=CCCCC2)c2c(-c3cccc(F)c3)noc2n1. The number of rotatable bonds is 7. The average Bonchev–Trinajstić information content (AvgIpc) is 3.16. The molecule has 1 aliphatic rings. The molecule has 0 fully saturated rings. The lowest BCUT2D eigenvalue weighted by atomic mass is 9.97. The van der Waals surface area contributed by atoms with Crippen LogP contribution in [0.5, 0.6) is 5.88 Å². The summed E-state index contributed by atoms with van der Waals surface area (Å²) in [6.07, 6.45) is 7.84. The molecule has 0 aliphatic heterocycles. The molecule has 1 aliphatic carbocycles. The van der Waals surface area contributed by atoms with Gasteiger partial charge in [-0.05, 0) is 51.2 Å². The van der Waals surface area contributed by atoms with Crippen LogP contribution >= 0.6 is 0 Å². The predicted molar refractivity (Wildman–Crippen MR) is 109 cm³/mol. The molecule has 156 valence electrons. The number of aryl methyl sites for hydroxylation is 1. The van der Waals surface area contributed by atoms with Crippen LogP contribution in [-0.4, -0.2) is 34.2 Å². The predicted octanol–water partition coefficient (Wildman–Crippen LogP) is 4.12. The molecule has 0 atom stereocenters. The first-order valence-electron chi connectivity index (χ1n) is 10.1. The number of carbonyl (C=O) groups is 1. The number of ether oxygens (including phenoxy) is 1. The molecule has 2 heterocycles. The molecule has 1 aromatic carbocycles. The Morgan fingerprint density at radius 3 is 3.00 bits per heavy atom. The second-order valence-electron chi connectivity index (χ2n) is 7.29. The minimum atomic E-state index is -0.397. The lowest BCUT2D eigenvalue weighted by molar-refractivity contribution is -0.123. The molecule has 7 nitrogen and oxygen atoms in total. The molecule has 1 N–H and O–H groups in total. The summed E-state index contributed by atoms with van der Waals surface area (Å²) in [5, 5.41) is 7.29. The largest absolute Gasteiger partial charge is 0.467 e. The fourth-order valence-electron chi connectivity index (χ4n) is 3.54. The Hall–Kier alpha value is -3.29. The van der Waals surface area contributed by atoms with E-state index in [4.69, 9.17) is 9.26 Å². The summed E-state index contributed by atoms with van der Waals surface area (Å²) in [6, 6.07) is 5.97. The van der Waals surface area contributed by atoms with E-state index in [-0.39, 0.29) is 24.1 Å². The molecule has 2 aromatic heterocycles. The van der Waals surface area contributed by atoms with Gasteiger partial charge in [-0.3, -0.25) is 4.79 Å². The average molecular weight is 410 g/mol. The van der Waals surface area contributed by atoms with Gasteiger partial charge in [-0.1, -0.05) is 28.9 Å². The van der Waals surface area contributed by atoms with Crippen LogP contribution in [0.3, 0.4) is 0 Å². The van der Waals surface area contributed by atoms with E-state index >= 15 is 0 Å². The highest BCUT2D eigenvalue weighted by Gasteiger charge is 2.20. The number of hydrogen-bond acceptors (Lipinski definition) is 6. The number of allylic oxidation sites excluding steroid dienone is 1. The number of nitrogens with zero attached hydrogens (tertiary/aromatic N) is 3. The van der Waals surface area contributed by atoms with Gasteiger partial charge in [-0.25, -0.2) is 4.39 Å². The van der Waals surface area contributed by atoms with E-state index in [1.807, 2.05) is 0 Å². The number of benzene rings is 1. The summed E-state index contributed by atoms with van der Waals surface area (Å²) in [4.78, 5) is 20.7. The fourth-order valence-corrected chi connectivity index (χ4v) is 3.54. The first-order valence-corrected chi connectivity index (χ1v) is 10.1. The quantitative estimate of drug-likeness (QED) is 0.590. The number of nitrogens with one attached hydrogen (secondary N) is 1.